The van der Waals surface area contributed by atoms with Crippen LogP contribution in [0.1, 0.15) is 65.7 Å². The fourth-order valence-corrected chi connectivity index (χ4v) is 5.12. The molecule has 2 fully saturated rings. The fraction of sp³-hybridized carbons (Fsp3) is 0.462. The Bertz CT molecular complexity index is 994. The lowest BCUT2D eigenvalue weighted by molar-refractivity contribution is 0.0673. The summed E-state index contributed by atoms with van der Waals surface area (Å²) in [5.74, 6) is -1.68. The number of nitrogen functional groups attached to an aromatic ring is 1. The van der Waals surface area contributed by atoms with Gasteiger partial charge in [-0.1, -0.05) is 31.4 Å². The van der Waals surface area contributed by atoms with Crippen molar-refractivity contribution in [3.8, 4) is 0 Å². The van der Waals surface area contributed by atoms with Gasteiger partial charge in [0.05, 0.1) is 16.9 Å². The Balaban J connectivity index is 1.25. The standard InChI is InChI=1S/C26H33FN4O2/c27-21-18-19(24(32)30-23-7-3-2-6-22(23)28)8-9-20(21)25(33)29-14-17-31-15-12-26(13-16-31)10-4-1-5-11-26/h2-3,6-9,18H,1,4-5,10-17,28H2,(H,29,33)(H,30,32). The van der Waals surface area contributed by atoms with E-state index in [4.69, 9.17) is 5.73 Å². The molecule has 1 saturated heterocycles. The van der Waals surface area contributed by atoms with Gasteiger partial charge >= 0.3 is 0 Å². The SMILES string of the molecule is Nc1ccccc1NC(=O)c1ccc(C(=O)NCCN2CCC3(CCCCC3)CC2)c(F)c1. The van der Waals surface area contributed by atoms with Gasteiger partial charge in [-0.15, -0.1) is 0 Å². The van der Waals surface area contributed by atoms with Crippen molar-refractivity contribution in [1.82, 2.24) is 10.2 Å². The summed E-state index contributed by atoms with van der Waals surface area (Å²) in [7, 11) is 0. The number of para-hydroxylation sites is 2. The number of hydrogen-bond donors (Lipinski definition) is 3. The van der Waals surface area contributed by atoms with Crippen LogP contribution in [0.15, 0.2) is 42.5 Å². The molecule has 7 heteroatoms. The number of piperidine rings is 1. The number of nitrogens with two attached hydrogens (primary N) is 1. The molecule has 1 aliphatic carbocycles. The number of rotatable bonds is 6. The molecule has 0 aromatic heterocycles. The highest BCUT2D eigenvalue weighted by atomic mass is 19.1. The molecule has 2 aromatic rings. The van der Waals surface area contributed by atoms with Crippen LogP contribution in [0.5, 0.6) is 0 Å². The van der Waals surface area contributed by atoms with Gasteiger partial charge in [-0.2, -0.15) is 0 Å². The maximum atomic E-state index is 14.6. The van der Waals surface area contributed by atoms with Crippen LogP contribution in [0.3, 0.4) is 0 Å². The number of anilines is 2. The topological polar surface area (TPSA) is 87.5 Å². The fourth-order valence-electron chi connectivity index (χ4n) is 5.12. The first-order valence-corrected chi connectivity index (χ1v) is 11.9. The Labute approximate surface area is 194 Å². The van der Waals surface area contributed by atoms with Crippen LogP contribution >= 0.6 is 0 Å². The molecule has 0 atom stereocenters. The highest BCUT2D eigenvalue weighted by Gasteiger charge is 2.35. The number of hydrogen-bond acceptors (Lipinski definition) is 4. The first-order valence-electron chi connectivity index (χ1n) is 11.9. The van der Waals surface area contributed by atoms with E-state index in [-0.39, 0.29) is 11.1 Å². The zero-order valence-electron chi connectivity index (χ0n) is 19.0. The number of halogens is 1. The van der Waals surface area contributed by atoms with E-state index < -0.39 is 17.6 Å². The van der Waals surface area contributed by atoms with Crippen molar-refractivity contribution >= 4 is 23.2 Å². The molecule has 4 N–H and O–H groups in total. The molecule has 2 aromatic carbocycles. The highest BCUT2D eigenvalue weighted by Crippen LogP contribution is 2.44. The molecule has 0 unspecified atom stereocenters. The van der Waals surface area contributed by atoms with E-state index in [1.807, 2.05) is 0 Å². The van der Waals surface area contributed by atoms with E-state index in [1.165, 1.54) is 57.1 Å². The summed E-state index contributed by atoms with van der Waals surface area (Å²) < 4.78 is 14.6. The molecule has 6 nitrogen and oxygen atoms in total. The van der Waals surface area contributed by atoms with E-state index in [1.54, 1.807) is 24.3 Å². The molecule has 2 amide bonds. The lowest BCUT2D eigenvalue weighted by Crippen LogP contribution is -2.44. The number of carbonyl (C=O) groups excluding carboxylic acids is 2. The Morgan fingerprint density at radius 3 is 2.39 bits per heavy atom. The molecule has 1 spiro atoms. The number of likely N-dealkylation sites (tertiary alicyclic amines) is 1. The third-order valence-corrected chi connectivity index (χ3v) is 7.23. The van der Waals surface area contributed by atoms with Crippen LogP contribution < -0.4 is 16.4 Å². The molecule has 1 heterocycles. The number of benzene rings is 2. The Morgan fingerprint density at radius 2 is 1.70 bits per heavy atom. The van der Waals surface area contributed by atoms with E-state index in [0.717, 1.165) is 25.7 Å². The second-order valence-corrected chi connectivity index (χ2v) is 9.39. The first-order chi connectivity index (χ1) is 16.0. The van der Waals surface area contributed by atoms with E-state index in [9.17, 15) is 14.0 Å². The van der Waals surface area contributed by atoms with E-state index >= 15 is 0 Å². The van der Waals surface area contributed by atoms with Crippen molar-refractivity contribution in [2.24, 2.45) is 5.41 Å². The van der Waals surface area contributed by atoms with Gasteiger partial charge in [-0.05, 0) is 74.5 Å². The minimum atomic E-state index is -0.724. The Kier molecular flexibility index (Phi) is 7.28. The summed E-state index contributed by atoms with van der Waals surface area (Å²) in [6.07, 6.45) is 9.32. The normalized spacial score (nSPS) is 18.1. The van der Waals surface area contributed by atoms with Gasteiger partial charge in [0, 0.05) is 18.7 Å². The number of carbonyl (C=O) groups is 2. The molecule has 33 heavy (non-hydrogen) atoms. The van der Waals surface area contributed by atoms with Crippen LogP contribution in [0.25, 0.3) is 0 Å². The van der Waals surface area contributed by atoms with Crippen molar-refractivity contribution in [2.75, 3.05) is 37.2 Å². The summed E-state index contributed by atoms with van der Waals surface area (Å²) in [5.41, 5.74) is 7.32. The minimum absolute atomic E-state index is 0.0643. The number of nitrogens with zero attached hydrogens (tertiary/aromatic N) is 1. The number of nitrogens with one attached hydrogen (secondary N) is 2. The second kappa shape index (κ2) is 10.3. The summed E-state index contributed by atoms with van der Waals surface area (Å²) in [6.45, 7) is 3.38. The highest BCUT2D eigenvalue weighted by molar-refractivity contribution is 6.06. The summed E-state index contributed by atoms with van der Waals surface area (Å²) >= 11 is 0. The number of amides is 2. The monoisotopic (exact) mass is 452 g/mol. The molecular weight excluding hydrogens is 419 g/mol. The zero-order chi connectivity index (χ0) is 23.3. The average molecular weight is 453 g/mol. The largest absolute Gasteiger partial charge is 0.397 e. The lowest BCUT2D eigenvalue weighted by Gasteiger charge is -2.44. The van der Waals surface area contributed by atoms with Gasteiger partial charge in [-0.25, -0.2) is 4.39 Å². The van der Waals surface area contributed by atoms with Crippen molar-refractivity contribution in [2.45, 2.75) is 44.9 Å². The van der Waals surface area contributed by atoms with Gasteiger partial charge in [0.2, 0.25) is 0 Å². The van der Waals surface area contributed by atoms with Crippen molar-refractivity contribution in [3.63, 3.8) is 0 Å². The van der Waals surface area contributed by atoms with Crippen LogP contribution in [-0.2, 0) is 0 Å². The molecule has 0 bridgehead atoms. The molecule has 1 aliphatic heterocycles. The third kappa shape index (κ3) is 5.71. The predicted octanol–water partition coefficient (Wildman–Crippen LogP) is 4.44. The van der Waals surface area contributed by atoms with Crippen LogP contribution in [0.2, 0.25) is 0 Å². The Morgan fingerprint density at radius 1 is 0.970 bits per heavy atom. The summed E-state index contributed by atoms with van der Waals surface area (Å²) in [4.78, 5) is 27.3. The molecule has 0 radical (unpaired) electrons. The third-order valence-electron chi connectivity index (χ3n) is 7.23. The summed E-state index contributed by atoms with van der Waals surface area (Å²) in [5, 5.41) is 5.47. The van der Waals surface area contributed by atoms with Crippen LogP contribution in [0.4, 0.5) is 15.8 Å². The van der Waals surface area contributed by atoms with Gasteiger partial charge in [0.15, 0.2) is 0 Å². The van der Waals surface area contributed by atoms with Gasteiger partial charge < -0.3 is 21.3 Å². The lowest BCUT2D eigenvalue weighted by atomic mass is 9.68. The van der Waals surface area contributed by atoms with Gasteiger partial charge in [-0.3, -0.25) is 9.59 Å². The minimum Gasteiger partial charge on any atom is -0.397 e. The van der Waals surface area contributed by atoms with E-state index in [0.29, 0.717) is 23.3 Å². The smallest absolute Gasteiger partial charge is 0.255 e. The van der Waals surface area contributed by atoms with Crippen LogP contribution in [0, 0.1) is 11.2 Å². The average Bonchev–Trinajstić information content (AvgIpc) is 2.82. The van der Waals surface area contributed by atoms with Crippen molar-refractivity contribution < 1.29 is 14.0 Å². The molecule has 176 valence electrons. The maximum Gasteiger partial charge on any atom is 0.255 e. The van der Waals surface area contributed by atoms with Gasteiger partial charge in [0.25, 0.3) is 11.8 Å². The first kappa shape index (κ1) is 23.2. The molecular formula is C26H33FN4O2. The quantitative estimate of drug-likeness (QED) is 0.566. The molecule has 2 aliphatic rings. The van der Waals surface area contributed by atoms with Crippen molar-refractivity contribution in [1.29, 1.82) is 0 Å². The Hall–Kier alpha value is -2.93. The molecule has 1 saturated carbocycles. The van der Waals surface area contributed by atoms with Crippen LogP contribution in [-0.4, -0.2) is 42.9 Å². The van der Waals surface area contributed by atoms with Gasteiger partial charge in [0.1, 0.15) is 5.82 Å². The zero-order valence-corrected chi connectivity index (χ0v) is 19.0. The summed E-state index contributed by atoms with van der Waals surface area (Å²) in [6, 6.07) is 10.7. The molecule has 4 rings (SSSR count). The predicted molar refractivity (Wildman–Crippen MR) is 129 cm³/mol. The second-order valence-electron chi connectivity index (χ2n) is 9.39. The van der Waals surface area contributed by atoms with E-state index in [2.05, 4.69) is 15.5 Å². The maximum absolute atomic E-state index is 14.6. The van der Waals surface area contributed by atoms with Crippen molar-refractivity contribution in [3.05, 3.63) is 59.4 Å².